The molecule has 2 aliphatic rings. The summed E-state index contributed by atoms with van der Waals surface area (Å²) in [4.78, 5) is 27.1. The van der Waals surface area contributed by atoms with Gasteiger partial charge in [-0.25, -0.2) is 4.79 Å². The van der Waals surface area contributed by atoms with E-state index in [4.69, 9.17) is 4.74 Å². The van der Waals surface area contributed by atoms with Crippen LogP contribution >= 0.6 is 0 Å². The molecule has 0 unspecified atom stereocenters. The maximum atomic E-state index is 12.7. The third-order valence-electron chi connectivity index (χ3n) is 5.71. The summed E-state index contributed by atoms with van der Waals surface area (Å²) in [5, 5.41) is 3.33. The second-order valence-corrected chi connectivity index (χ2v) is 7.57. The van der Waals surface area contributed by atoms with Crippen LogP contribution in [0.5, 0.6) is 0 Å². The van der Waals surface area contributed by atoms with Crippen molar-refractivity contribution in [3.05, 3.63) is 65.7 Å². The second-order valence-electron chi connectivity index (χ2n) is 7.57. The highest BCUT2D eigenvalue weighted by Gasteiger charge is 2.59. The highest BCUT2D eigenvalue weighted by molar-refractivity contribution is 5.86. The molecule has 2 aliphatic heterocycles. The summed E-state index contributed by atoms with van der Waals surface area (Å²) in [6, 6.07) is 17.3. The van der Waals surface area contributed by atoms with Gasteiger partial charge in [0.25, 0.3) is 0 Å². The summed E-state index contributed by atoms with van der Waals surface area (Å²) in [7, 11) is 0. The normalized spacial score (nSPS) is 27.3. The Labute approximate surface area is 159 Å². The third-order valence-corrected chi connectivity index (χ3v) is 5.71. The van der Waals surface area contributed by atoms with E-state index in [1.807, 2.05) is 68.4 Å². The van der Waals surface area contributed by atoms with Crippen molar-refractivity contribution in [1.29, 1.82) is 0 Å². The molecule has 140 valence electrons. The molecule has 5 heteroatoms. The average Bonchev–Trinajstić information content (AvgIpc) is 2.91. The molecule has 0 aliphatic carbocycles. The van der Waals surface area contributed by atoms with Crippen molar-refractivity contribution >= 4 is 17.6 Å². The Hall–Kier alpha value is -2.82. The van der Waals surface area contributed by atoms with Crippen molar-refractivity contribution in [3.8, 4) is 0 Å². The van der Waals surface area contributed by atoms with Gasteiger partial charge < -0.3 is 10.1 Å². The number of anilines is 1. The molecule has 2 heterocycles. The Bertz CT molecular complexity index is 850. The number of aryl methyl sites for hydroxylation is 1. The zero-order valence-corrected chi connectivity index (χ0v) is 15.6. The van der Waals surface area contributed by atoms with Gasteiger partial charge in [-0.1, -0.05) is 48.0 Å². The molecule has 4 rings (SSSR count). The molecular weight excluding hydrogens is 340 g/mol. The number of carbonyl (C=O) groups excluding carboxylic acids is 2. The zero-order valence-electron chi connectivity index (χ0n) is 15.6. The van der Waals surface area contributed by atoms with Crippen LogP contribution in [-0.4, -0.2) is 28.5 Å². The summed E-state index contributed by atoms with van der Waals surface area (Å²) < 4.78 is 5.82. The lowest BCUT2D eigenvalue weighted by molar-refractivity contribution is -0.186. The van der Waals surface area contributed by atoms with Crippen LogP contribution < -0.4 is 5.32 Å². The first-order chi connectivity index (χ1) is 13.0. The van der Waals surface area contributed by atoms with Crippen molar-refractivity contribution in [2.24, 2.45) is 5.92 Å². The lowest BCUT2D eigenvalue weighted by Gasteiger charge is -2.44. The smallest absolute Gasteiger partial charge is 0.331 e. The van der Waals surface area contributed by atoms with Crippen LogP contribution in [0.25, 0.3) is 0 Å². The number of amides is 1. The molecule has 2 saturated heterocycles. The molecule has 0 saturated carbocycles. The summed E-state index contributed by atoms with van der Waals surface area (Å²) >= 11 is 0. The topological polar surface area (TPSA) is 58.6 Å². The molecular formula is C22H24N2O3. The van der Waals surface area contributed by atoms with Crippen molar-refractivity contribution in [2.75, 3.05) is 5.32 Å². The largest absolute Gasteiger partial charge is 0.437 e. The van der Waals surface area contributed by atoms with Crippen LogP contribution in [0.2, 0.25) is 0 Å². The van der Waals surface area contributed by atoms with Crippen LogP contribution in [0, 0.1) is 12.8 Å². The van der Waals surface area contributed by atoms with Gasteiger partial charge in [0.2, 0.25) is 5.91 Å². The first kappa shape index (κ1) is 17.6. The molecule has 3 atom stereocenters. The molecule has 2 fully saturated rings. The van der Waals surface area contributed by atoms with Gasteiger partial charge in [-0.15, -0.1) is 0 Å². The van der Waals surface area contributed by atoms with Crippen LogP contribution in [0.15, 0.2) is 54.6 Å². The number of carbonyl (C=O) groups is 2. The minimum Gasteiger partial charge on any atom is -0.437 e. The van der Waals surface area contributed by atoms with Gasteiger partial charge in [0.1, 0.15) is 6.04 Å². The third kappa shape index (κ3) is 3.18. The van der Waals surface area contributed by atoms with Gasteiger partial charge in [-0.05, 0) is 38.0 Å². The summed E-state index contributed by atoms with van der Waals surface area (Å²) in [5.74, 6) is -0.357. The van der Waals surface area contributed by atoms with Crippen LogP contribution in [0.4, 0.5) is 5.69 Å². The summed E-state index contributed by atoms with van der Waals surface area (Å²) in [6.45, 7) is 4.34. The lowest BCUT2D eigenvalue weighted by atomic mass is 9.82. The Morgan fingerprint density at radius 1 is 1.11 bits per heavy atom. The van der Waals surface area contributed by atoms with Gasteiger partial charge in [0.15, 0.2) is 5.72 Å². The van der Waals surface area contributed by atoms with Gasteiger partial charge in [-0.3, -0.25) is 9.69 Å². The quantitative estimate of drug-likeness (QED) is 0.844. The first-order valence-electron chi connectivity index (χ1n) is 9.38. The summed E-state index contributed by atoms with van der Waals surface area (Å²) in [5.41, 5.74) is 2.15. The van der Waals surface area contributed by atoms with Gasteiger partial charge >= 0.3 is 5.97 Å². The predicted molar refractivity (Wildman–Crippen MR) is 103 cm³/mol. The molecule has 0 bridgehead atoms. The SMILES string of the molecule is Cc1ccc(N[C@H]2C(=O)O[C@]3(C)[C@H]2CCC(=O)N3Cc2ccccc2)cc1. The molecule has 0 aromatic heterocycles. The number of piperidine rings is 1. The Balaban J connectivity index is 1.59. The molecule has 1 amide bonds. The predicted octanol–water partition coefficient (Wildman–Crippen LogP) is 3.49. The van der Waals surface area contributed by atoms with Crippen LogP contribution in [0.1, 0.15) is 30.9 Å². The van der Waals surface area contributed by atoms with E-state index in [2.05, 4.69) is 5.32 Å². The number of nitrogens with one attached hydrogen (secondary N) is 1. The number of fused-ring (bicyclic) bond motifs is 1. The zero-order chi connectivity index (χ0) is 19.0. The molecule has 0 radical (unpaired) electrons. The number of ether oxygens (including phenoxy) is 1. The van der Waals surface area contributed by atoms with E-state index in [1.54, 1.807) is 4.90 Å². The molecule has 2 aromatic rings. The number of esters is 1. The lowest BCUT2D eigenvalue weighted by Crippen LogP contribution is -2.57. The highest BCUT2D eigenvalue weighted by Crippen LogP contribution is 2.44. The highest BCUT2D eigenvalue weighted by atomic mass is 16.6. The Kier molecular flexibility index (Phi) is 4.38. The Morgan fingerprint density at radius 2 is 1.81 bits per heavy atom. The van der Waals surface area contributed by atoms with Gasteiger partial charge in [-0.2, -0.15) is 0 Å². The molecule has 0 spiro atoms. The first-order valence-corrected chi connectivity index (χ1v) is 9.38. The van der Waals surface area contributed by atoms with Crippen LogP contribution in [-0.2, 0) is 20.9 Å². The molecule has 1 N–H and O–H groups in total. The van der Waals surface area contributed by atoms with Crippen molar-refractivity contribution in [1.82, 2.24) is 4.90 Å². The second kappa shape index (κ2) is 6.72. The Morgan fingerprint density at radius 3 is 2.52 bits per heavy atom. The van der Waals surface area contributed by atoms with E-state index in [0.29, 0.717) is 19.4 Å². The number of nitrogens with zero attached hydrogens (tertiary/aromatic N) is 1. The monoisotopic (exact) mass is 364 g/mol. The number of hydrogen-bond acceptors (Lipinski definition) is 4. The maximum absolute atomic E-state index is 12.7. The fourth-order valence-electron chi connectivity index (χ4n) is 4.17. The van der Waals surface area contributed by atoms with E-state index in [1.165, 1.54) is 0 Å². The maximum Gasteiger partial charge on any atom is 0.331 e. The van der Waals surface area contributed by atoms with Crippen molar-refractivity contribution in [2.45, 2.75) is 45.0 Å². The summed E-state index contributed by atoms with van der Waals surface area (Å²) in [6.07, 6.45) is 1.06. The minimum atomic E-state index is -0.926. The molecule has 2 aromatic carbocycles. The number of hydrogen-bond donors (Lipinski definition) is 1. The van der Waals surface area contributed by atoms with Crippen molar-refractivity contribution < 1.29 is 14.3 Å². The molecule has 27 heavy (non-hydrogen) atoms. The van der Waals surface area contributed by atoms with E-state index >= 15 is 0 Å². The van der Waals surface area contributed by atoms with Gasteiger partial charge in [0.05, 0.1) is 0 Å². The average molecular weight is 364 g/mol. The fourth-order valence-corrected chi connectivity index (χ4v) is 4.17. The van der Waals surface area contributed by atoms with E-state index in [-0.39, 0.29) is 17.8 Å². The standard InChI is InChI=1S/C22H24N2O3/c1-15-8-10-17(11-9-15)23-20-18-12-13-19(25)24(22(18,2)27-21(20)26)14-16-6-4-3-5-7-16/h3-11,18,20,23H,12-14H2,1-2H3/t18-,20+,22+/m0/s1. The van der Waals surface area contributed by atoms with E-state index < -0.39 is 11.8 Å². The number of rotatable bonds is 4. The fraction of sp³-hybridized carbons (Fsp3) is 0.364. The molecule has 5 nitrogen and oxygen atoms in total. The van der Waals surface area contributed by atoms with E-state index in [0.717, 1.165) is 16.8 Å². The van der Waals surface area contributed by atoms with Gasteiger partial charge in [0, 0.05) is 24.6 Å². The number of benzene rings is 2. The minimum absolute atomic E-state index is 0.0291. The number of likely N-dealkylation sites (tertiary alicyclic amines) is 1. The van der Waals surface area contributed by atoms with Crippen molar-refractivity contribution in [3.63, 3.8) is 0 Å². The van der Waals surface area contributed by atoms with Crippen LogP contribution in [0.3, 0.4) is 0 Å². The van der Waals surface area contributed by atoms with E-state index in [9.17, 15) is 9.59 Å².